The van der Waals surface area contributed by atoms with Crippen molar-refractivity contribution >= 4 is 10.9 Å². The van der Waals surface area contributed by atoms with Gasteiger partial charge in [-0.2, -0.15) is 0 Å². The number of aromatic nitrogens is 1. The van der Waals surface area contributed by atoms with E-state index in [0.29, 0.717) is 6.04 Å². The summed E-state index contributed by atoms with van der Waals surface area (Å²) in [5.41, 5.74) is 4.26. The molecular formula is C14H18N2. The molecule has 1 aliphatic rings. The molecule has 0 radical (unpaired) electrons. The van der Waals surface area contributed by atoms with E-state index in [9.17, 15) is 0 Å². The summed E-state index contributed by atoms with van der Waals surface area (Å²) in [4.78, 5) is 0. The summed E-state index contributed by atoms with van der Waals surface area (Å²) in [7, 11) is 2.16. The zero-order valence-corrected chi connectivity index (χ0v) is 9.96. The maximum Gasteiger partial charge on any atom is 0.0483 e. The molecule has 1 aliphatic heterocycles. The topological polar surface area (TPSA) is 17.0 Å². The number of para-hydroxylation sites is 1. The molecule has 1 aromatic carbocycles. The van der Waals surface area contributed by atoms with Crippen molar-refractivity contribution in [1.82, 2.24) is 9.88 Å². The Bertz CT molecular complexity index is 519. The predicted molar refractivity (Wildman–Crippen MR) is 67.6 cm³/mol. The third-order valence-electron chi connectivity index (χ3n) is 3.86. The van der Waals surface area contributed by atoms with Crippen LogP contribution in [0.15, 0.2) is 24.3 Å². The number of hydrogen-bond acceptors (Lipinski definition) is 1. The summed E-state index contributed by atoms with van der Waals surface area (Å²) < 4.78 is 2.31. The molecule has 1 unspecified atom stereocenters. The second kappa shape index (κ2) is 3.63. The third-order valence-corrected chi connectivity index (χ3v) is 3.86. The van der Waals surface area contributed by atoms with E-state index in [4.69, 9.17) is 0 Å². The molecule has 1 N–H and O–H groups in total. The van der Waals surface area contributed by atoms with Crippen LogP contribution in [0.5, 0.6) is 0 Å². The van der Waals surface area contributed by atoms with Gasteiger partial charge in [0.2, 0.25) is 0 Å². The van der Waals surface area contributed by atoms with Crippen LogP contribution in [0, 0.1) is 6.92 Å². The van der Waals surface area contributed by atoms with Gasteiger partial charge in [0.1, 0.15) is 0 Å². The largest absolute Gasteiger partial charge is 0.348 e. The Morgan fingerprint density at radius 3 is 2.88 bits per heavy atom. The lowest BCUT2D eigenvalue weighted by Crippen LogP contribution is -2.13. The Morgan fingerprint density at radius 2 is 2.12 bits per heavy atom. The molecule has 0 bridgehead atoms. The summed E-state index contributed by atoms with van der Waals surface area (Å²) in [6, 6.07) is 9.28. The zero-order chi connectivity index (χ0) is 11.1. The normalized spacial score (nSPS) is 20.8. The molecule has 84 valence electrons. The highest BCUT2D eigenvalue weighted by Crippen LogP contribution is 2.33. The number of nitrogens with one attached hydrogen (secondary N) is 1. The molecule has 1 saturated heterocycles. The summed E-state index contributed by atoms with van der Waals surface area (Å²) in [6.07, 6.45) is 2.57. The first-order valence-electron chi connectivity index (χ1n) is 6.06. The molecular weight excluding hydrogens is 196 g/mol. The van der Waals surface area contributed by atoms with Crippen LogP contribution in [-0.4, -0.2) is 11.1 Å². The first kappa shape index (κ1) is 9.91. The van der Waals surface area contributed by atoms with Crippen LogP contribution in [-0.2, 0) is 7.05 Å². The molecule has 2 aromatic rings. The molecule has 2 heteroatoms. The Labute approximate surface area is 96.3 Å². The van der Waals surface area contributed by atoms with Crippen LogP contribution in [0.25, 0.3) is 10.9 Å². The molecule has 0 spiro atoms. The van der Waals surface area contributed by atoms with Crippen LogP contribution >= 0.6 is 0 Å². The standard InChI is InChI=1S/C14H18N2/c1-10-14(12-7-5-9-15-12)11-6-3-4-8-13(11)16(10)2/h3-4,6,8,12,15H,5,7,9H2,1-2H3. The highest BCUT2D eigenvalue weighted by Gasteiger charge is 2.22. The molecule has 16 heavy (non-hydrogen) atoms. The van der Waals surface area contributed by atoms with Gasteiger partial charge in [-0.05, 0) is 37.9 Å². The molecule has 3 rings (SSSR count). The van der Waals surface area contributed by atoms with Gasteiger partial charge in [0.15, 0.2) is 0 Å². The van der Waals surface area contributed by atoms with E-state index in [2.05, 4.69) is 48.1 Å². The second-order valence-corrected chi connectivity index (χ2v) is 4.72. The number of rotatable bonds is 1. The van der Waals surface area contributed by atoms with Crippen molar-refractivity contribution < 1.29 is 0 Å². The molecule has 2 nitrogen and oxygen atoms in total. The molecule has 2 heterocycles. The fourth-order valence-electron chi connectivity index (χ4n) is 2.92. The summed E-state index contributed by atoms with van der Waals surface area (Å²) in [5.74, 6) is 0. The summed E-state index contributed by atoms with van der Waals surface area (Å²) in [5, 5.41) is 5.02. The minimum atomic E-state index is 0.561. The fraction of sp³-hybridized carbons (Fsp3) is 0.429. The quantitative estimate of drug-likeness (QED) is 0.772. The van der Waals surface area contributed by atoms with Crippen molar-refractivity contribution in [3.63, 3.8) is 0 Å². The third kappa shape index (κ3) is 1.30. The Kier molecular flexibility index (Phi) is 2.25. The van der Waals surface area contributed by atoms with Crippen LogP contribution in [0.3, 0.4) is 0 Å². The minimum absolute atomic E-state index is 0.561. The molecule has 0 amide bonds. The van der Waals surface area contributed by atoms with Crippen LogP contribution in [0.4, 0.5) is 0 Å². The Hall–Kier alpha value is -1.28. The van der Waals surface area contributed by atoms with Gasteiger partial charge in [0.05, 0.1) is 0 Å². The molecule has 0 saturated carbocycles. The minimum Gasteiger partial charge on any atom is -0.348 e. The first-order valence-corrected chi connectivity index (χ1v) is 6.06. The van der Waals surface area contributed by atoms with Gasteiger partial charge in [0.25, 0.3) is 0 Å². The highest BCUT2D eigenvalue weighted by molar-refractivity contribution is 5.86. The number of aryl methyl sites for hydroxylation is 1. The Balaban J connectivity index is 2.26. The summed E-state index contributed by atoms with van der Waals surface area (Å²) >= 11 is 0. The van der Waals surface area contributed by atoms with Crippen molar-refractivity contribution in [3.8, 4) is 0 Å². The lowest BCUT2D eigenvalue weighted by molar-refractivity contribution is 0.644. The van der Waals surface area contributed by atoms with E-state index >= 15 is 0 Å². The molecule has 1 aromatic heterocycles. The highest BCUT2D eigenvalue weighted by atomic mass is 15.0. The van der Waals surface area contributed by atoms with Gasteiger partial charge in [-0.1, -0.05) is 18.2 Å². The van der Waals surface area contributed by atoms with Gasteiger partial charge in [-0.25, -0.2) is 0 Å². The van der Waals surface area contributed by atoms with Gasteiger partial charge in [-0.15, -0.1) is 0 Å². The van der Waals surface area contributed by atoms with E-state index in [1.807, 2.05) is 0 Å². The van der Waals surface area contributed by atoms with Crippen molar-refractivity contribution in [2.24, 2.45) is 7.05 Å². The van der Waals surface area contributed by atoms with Gasteiger partial charge in [-0.3, -0.25) is 0 Å². The smallest absolute Gasteiger partial charge is 0.0483 e. The Morgan fingerprint density at radius 1 is 1.31 bits per heavy atom. The van der Waals surface area contributed by atoms with Crippen LogP contribution < -0.4 is 5.32 Å². The fourth-order valence-corrected chi connectivity index (χ4v) is 2.92. The van der Waals surface area contributed by atoms with Gasteiger partial charge >= 0.3 is 0 Å². The van der Waals surface area contributed by atoms with E-state index in [1.54, 1.807) is 0 Å². The lowest BCUT2D eigenvalue weighted by atomic mass is 10.0. The molecule has 1 atom stereocenters. The van der Waals surface area contributed by atoms with Crippen molar-refractivity contribution in [1.29, 1.82) is 0 Å². The average Bonchev–Trinajstić information content (AvgIpc) is 2.89. The molecule has 1 fully saturated rings. The number of nitrogens with zero attached hydrogens (tertiary/aromatic N) is 1. The maximum atomic E-state index is 3.61. The lowest BCUT2D eigenvalue weighted by Gasteiger charge is -2.11. The number of hydrogen-bond donors (Lipinski definition) is 1. The van der Waals surface area contributed by atoms with E-state index in [-0.39, 0.29) is 0 Å². The second-order valence-electron chi connectivity index (χ2n) is 4.72. The van der Waals surface area contributed by atoms with Crippen molar-refractivity contribution in [2.75, 3.05) is 6.54 Å². The van der Waals surface area contributed by atoms with Crippen LogP contribution in [0.2, 0.25) is 0 Å². The maximum absolute atomic E-state index is 3.61. The summed E-state index contributed by atoms with van der Waals surface area (Å²) in [6.45, 7) is 3.39. The number of benzene rings is 1. The van der Waals surface area contributed by atoms with Crippen molar-refractivity contribution in [2.45, 2.75) is 25.8 Å². The monoisotopic (exact) mass is 214 g/mol. The average molecular weight is 214 g/mol. The van der Waals surface area contributed by atoms with E-state index < -0.39 is 0 Å². The van der Waals surface area contributed by atoms with E-state index in [1.165, 1.54) is 35.0 Å². The molecule has 0 aliphatic carbocycles. The van der Waals surface area contributed by atoms with Crippen molar-refractivity contribution in [3.05, 3.63) is 35.5 Å². The zero-order valence-electron chi connectivity index (χ0n) is 9.96. The first-order chi connectivity index (χ1) is 7.79. The predicted octanol–water partition coefficient (Wildman–Crippen LogP) is 2.91. The number of fused-ring (bicyclic) bond motifs is 1. The van der Waals surface area contributed by atoms with Crippen LogP contribution in [0.1, 0.15) is 30.1 Å². The van der Waals surface area contributed by atoms with Gasteiger partial charge < -0.3 is 9.88 Å². The SMILES string of the molecule is Cc1c(C2CCCN2)c2ccccc2n1C. The van der Waals surface area contributed by atoms with E-state index in [0.717, 1.165) is 6.54 Å². The van der Waals surface area contributed by atoms with Gasteiger partial charge in [0, 0.05) is 29.7 Å².